The van der Waals surface area contributed by atoms with E-state index in [2.05, 4.69) is 6.92 Å². The number of unbranched alkanes of at least 4 members (excludes halogenated alkanes) is 6. The van der Waals surface area contributed by atoms with Crippen molar-refractivity contribution in [2.45, 2.75) is 78.2 Å². The summed E-state index contributed by atoms with van der Waals surface area (Å²) in [6.07, 6.45) is 8.64. The zero-order chi connectivity index (χ0) is 17.2. The summed E-state index contributed by atoms with van der Waals surface area (Å²) < 4.78 is 0. The van der Waals surface area contributed by atoms with Gasteiger partial charge in [-0.05, 0) is 20.3 Å². The second-order valence-corrected chi connectivity index (χ2v) is 5.84. The molecule has 0 saturated heterocycles. The minimum absolute atomic E-state index is 0.165. The second-order valence-electron chi connectivity index (χ2n) is 5.84. The summed E-state index contributed by atoms with van der Waals surface area (Å²) in [7, 11) is 0. The Morgan fingerprint density at radius 2 is 1.36 bits per heavy atom. The summed E-state index contributed by atoms with van der Waals surface area (Å²) in [4.78, 5) is 12.2. The number of hydrogen-bond acceptors (Lipinski definition) is 4. The van der Waals surface area contributed by atoms with Crippen LogP contribution >= 0.6 is 0 Å². The van der Waals surface area contributed by atoms with Crippen molar-refractivity contribution in [1.82, 2.24) is 4.90 Å². The molecule has 0 radical (unpaired) electrons. The van der Waals surface area contributed by atoms with Gasteiger partial charge in [0.25, 0.3) is 0 Å². The van der Waals surface area contributed by atoms with E-state index in [0.29, 0.717) is 25.6 Å². The second kappa shape index (κ2) is 18.4. The van der Waals surface area contributed by atoms with Crippen LogP contribution in [0.2, 0.25) is 0 Å². The largest absolute Gasteiger partial charge is 0.481 e. The van der Waals surface area contributed by atoms with Gasteiger partial charge in [0.15, 0.2) is 0 Å². The van der Waals surface area contributed by atoms with Crippen molar-refractivity contribution < 1.29 is 20.1 Å². The lowest BCUT2D eigenvalue weighted by atomic mass is 10.1. The molecule has 0 aromatic heterocycles. The monoisotopic (exact) mass is 319 g/mol. The third kappa shape index (κ3) is 19.4. The van der Waals surface area contributed by atoms with Crippen LogP contribution in [-0.4, -0.2) is 58.5 Å². The number of aliphatic carboxylic acids is 1. The first kappa shape index (κ1) is 23.6. The van der Waals surface area contributed by atoms with Crippen molar-refractivity contribution >= 4 is 5.97 Å². The molecule has 0 bridgehead atoms. The molecule has 0 unspecified atom stereocenters. The van der Waals surface area contributed by atoms with Crippen LogP contribution in [0.1, 0.15) is 72.1 Å². The lowest BCUT2D eigenvalue weighted by molar-refractivity contribution is -0.137. The fraction of sp³-hybridized carbons (Fsp3) is 0.941. The van der Waals surface area contributed by atoms with Gasteiger partial charge in [-0.2, -0.15) is 0 Å². The molecule has 0 saturated carbocycles. The van der Waals surface area contributed by atoms with E-state index in [4.69, 9.17) is 15.3 Å². The fourth-order valence-corrected chi connectivity index (χ4v) is 2.12. The first-order chi connectivity index (χ1) is 10.5. The quantitative estimate of drug-likeness (QED) is 0.455. The van der Waals surface area contributed by atoms with Crippen molar-refractivity contribution in [3.8, 4) is 0 Å². The molecule has 0 aromatic rings. The molecule has 0 atom stereocenters. The molecule has 0 rings (SSSR count). The zero-order valence-corrected chi connectivity index (χ0v) is 14.8. The summed E-state index contributed by atoms with van der Waals surface area (Å²) in [6, 6.07) is 0.402. The van der Waals surface area contributed by atoms with Crippen LogP contribution < -0.4 is 0 Å². The molecule has 0 aliphatic rings. The topological polar surface area (TPSA) is 81.0 Å². The Balaban J connectivity index is 0. The maximum atomic E-state index is 10.1. The van der Waals surface area contributed by atoms with Gasteiger partial charge >= 0.3 is 5.97 Å². The summed E-state index contributed by atoms with van der Waals surface area (Å²) in [5.74, 6) is -0.663. The average Bonchev–Trinajstić information content (AvgIpc) is 2.46. The molecular weight excluding hydrogens is 282 g/mol. The molecule has 5 heteroatoms. The molecule has 3 N–H and O–H groups in total. The Morgan fingerprint density at radius 3 is 1.73 bits per heavy atom. The maximum Gasteiger partial charge on any atom is 0.303 e. The molecule has 0 amide bonds. The smallest absolute Gasteiger partial charge is 0.303 e. The minimum atomic E-state index is -0.663. The highest BCUT2D eigenvalue weighted by Gasteiger charge is 2.06. The van der Waals surface area contributed by atoms with Gasteiger partial charge in [0, 0.05) is 25.6 Å². The number of rotatable bonds is 13. The van der Waals surface area contributed by atoms with E-state index in [-0.39, 0.29) is 13.2 Å². The third-order valence-corrected chi connectivity index (χ3v) is 3.50. The van der Waals surface area contributed by atoms with Gasteiger partial charge in [-0.3, -0.25) is 9.69 Å². The molecule has 0 aliphatic carbocycles. The lowest BCUT2D eigenvalue weighted by Crippen LogP contribution is -2.35. The van der Waals surface area contributed by atoms with Gasteiger partial charge in [0.05, 0.1) is 13.2 Å². The predicted octanol–water partition coefficient (Wildman–Crippen LogP) is 2.89. The first-order valence-corrected chi connectivity index (χ1v) is 8.67. The van der Waals surface area contributed by atoms with Crippen LogP contribution in [0.25, 0.3) is 0 Å². The number of aliphatic hydroxyl groups excluding tert-OH is 2. The van der Waals surface area contributed by atoms with Gasteiger partial charge in [-0.15, -0.1) is 0 Å². The van der Waals surface area contributed by atoms with E-state index in [1.807, 2.05) is 18.7 Å². The number of carbonyl (C=O) groups is 1. The van der Waals surface area contributed by atoms with Crippen molar-refractivity contribution in [3.05, 3.63) is 0 Å². The molecular formula is C17H37NO4. The molecule has 134 valence electrons. The fourth-order valence-electron chi connectivity index (χ4n) is 2.12. The van der Waals surface area contributed by atoms with Crippen molar-refractivity contribution in [1.29, 1.82) is 0 Å². The van der Waals surface area contributed by atoms with E-state index in [0.717, 1.165) is 12.8 Å². The molecule has 5 nitrogen and oxygen atoms in total. The Morgan fingerprint density at radius 1 is 0.909 bits per heavy atom. The first-order valence-electron chi connectivity index (χ1n) is 8.67. The summed E-state index contributed by atoms with van der Waals surface area (Å²) >= 11 is 0. The molecule has 0 heterocycles. The SMILES string of the molecule is CC(C)N(CCO)CCO.CCCCCCCCCC(=O)O. The molecule has 22 heavy (non-hydrogen) atoms. The third-order valence-electron chi connectivity index (χ3n) is 3.50. The molecule has 0 spiro atoms. The lowest BCUT2D eigenvalue weighted by Gasteiger charge is -2.24. The standard InChI is InChI=1S/C10H20O2.C7H17NO2/c1-2-3-4-5-6-7-8-9-10(11)12;1-7(2)8(3-5-9)4-6-10/h2-9H2,1H3,(H,11,12);7,9-10H,3-6H2,1-2H3. The predicted molar refractivity (Wildman–Crippen MR) is 91.1 cm³/mol. The van der Waals surface area contributed by atoms with E-state index < -0.39 is 5.97 Å². The van der Waals surface area contributed by atoms with Gasteiger partial charge in [0.2, 0.25) is 0 Å². The maximum absolute atomic E-state index is 10.1. The highest BCUT2D eigenvalue weighted by Crippen LogP contribution is 2.07. The Kier molecular flexibility index (Phi) is 19.7. The Bertz CT molecular complexity index is 229. The van der Waals surface area contributed by atoms with Crippen LogP contribution in [0.15, 0.2) is 0 Å². The van der Waals surface area contributed by atoms with Crippen molar-refractivity contribution in [3.63, 3.8) is 0 Å². The summed E-state index contributed by atoms with van der Waals surface area (Å²) in [5.41, 5.74) is 0. The van der Waals surface area contributed by atoms with E-state index >= 15 is 0 Å². The number of carboxylic acids is 1. The highest BCUT2D eigenvalue weighted by molar-refractivity contribution is 5.66. The number of hydrogen-bond donors (Lipinski definition) is 3. The van der Waals surface area contributed by atoms with E-state index in [1.165, 1.54) is 32.1 Å². The molecule has 0 fully saturated rings. The average molecular weight is 319 g/mol. The van der Waals surface area contributed by atoms with Gasteiger partial charge in [-0.1, -0.05) is 45.4 Å². The van der Waals surface area contributed by atoms with Crippen molar-refractivity contribution in [2.24, 2.45) is 0 Å². The minimum Gasteiger partial charge on any atom is -0.481 e. The van der Waals surface area contributed by atoms with Crippen LogP contribution in [0, 0.1) is 0 Å². The van der Waals surface area contributed by atoms with Crippen LogP contribution in [0.5, 0.6) is 0 Å². The molecule has 0 aliphatic heterocycles. The van der Waals surface area contributed by atoms with E-state index in [9.17, 15) is 4.79 Å². The Hall–Kier alpha value is -0.650. The zero-order valence-electron chi connectivity index (χ0n) is 14.8. The summed E-state index contributed by atoms with van der Waals surface area (Å²) in [5, 5.41) is 25.5. The van der Waals surface area contributed by atoms with Gasteiger partial charge in [-0.25, -0.2) is 0 Å². The van der Waals surface area contributed by atoms with Gasteiger partial charge < -0.3 is 15.3 Å². The Labute approximate surface area is 136 Å². The van der Waals surface area contributed by atoms with Gasteiger partial charge in [0.1, 0.15) is 0 Å². The van der Waals surface area contributed by atoms with E-state index in [1.54, 1.807) is 0 Å². The van der Waals surface area contributed by atoms with Crippen LogP contribution in [0.4, 0.5) is 0 Å². The number of aliphatic hydroxyl groups is 2. The van der Waals surface area contributed by atoms with Crippen molar-refractivity contribution in [2.75, 3.05) is 26.3 Å². The summed E-state index contributed by atoms with van der Waals surface area (Å²) in [6.45, 7) is 7.92. The number of nitrogens with zero attached hydrogens (tertiary/aromatic N) is 1. The normalized spacial score (nSPS) is 10.7. The highest BCUT2D eigenvalue weighted by atomic mass is 16.4. The van der Waals surface area contributed by atoms with Crippen LogP contribution in [0.3, 0.4) is 0 Å². The number of carboxylic acid groups (broad SMARTS) is 1. The molecule has 0 aromatic carbocycles. The van der Waals surface area contributed by atoms with Crippen LogP contribution in [-0.2, 0) is 4.79 Å².